The highest BCUT2D eigenvalue weighted by Crippen LogP contribution is 2.46. The van der Waals surface area contributed by atoms with Crippen molar-refractivity contribution >= 4 is 22.8 Å². The van der Waals surface area contributed by atoms with Crippen LogP contribution in [0.25, 0.3) is 0 Å². The highest BCUT2D eigenvalue weighted by Gasteiger charge is 2.49. The van der Waals surface area contributed by atoms with Crippen molar-refractivity contribution in [2.75, 3.05) is 26.1 Å². The average Bonchev–Trinajstić information content (AvgIpc) is 2.75. The Bertz CT molecular complexity index is 908. The van der Waals surface area contributed by atoms with Crippen molar-refractivity contribution in [2.24, 2.45) is 10.9 Å². The number of halogens is 1. The van der Waals surface area contributed by atoms with Crippen LogP contribution in [0.1, 0.15) is 22.3 Å². The molecule has 2 aliphatic heterocycles. The van der Waals surface area contributed by atoms with Crippen LogP contribution in [-0.2, 0) is 15.0 Å². The minimum atomic E-state index is -0.861. The van der Waals surface area contributed by atoms with Crippen molar-refractivity contribution in [3.8, 4) is 0 Å². The molecule has 7 heteroatoms. The summed E-state index contributed by atoms with van der Waals surface area (Å²) in [5.74, 6) is 0.255. The Morgan fingerprint density at radius 3 is 2.79 bits per heavy atom. The van der Waals surface area contributed by atoms with Crippen LogP contribution in [0.3, 0.4) is 0 Å². The van der Waals surface area contributed by atoms with Crippen molar-refractivity contribution in [1.82, 2.24) is 5.32 Å². The second-order valence-corrected chi connectivity index (χ2v) is 8.28. The number of carbonyl (C=O) groups is 1. The van der Waals surface area contributed by atoms with Gasteiger partial charge in [0.25, 0.3) is 5.91 Å². The predicted molar refractivity (Wildman–Crippen MR) is 112 cm³/mol. The van der Waals surface area contributed by atoms with E-state index >= 15 is 0 Å². The monoisotopic (exact) mass is 414 g/mol. The van der Waals surface area contributed by atoms with Gasteiger partial charge < -0.3 is 14.8 Å². The first kappa shape index (κ1) is 20.1. The van der Waals surface area contributed by atoms with Gasteiger partial charge in [0, 0.05) is 29.9 Å². The zero-order valence-corrected chi connectivity index (χ0v) is 17.0. The summed E-state index contributed by atoms with van der Waals surface area (Å²) in [4.78, 5) is 17.5. The first-order chi connectivity index (χ1) is 14.1. The molecular weight excluding hydrogens is 391 g/mol. The zero-order chi connectivity index (χ0) is 20.3. The first-order valence-corrected chi connectivity index (χ1v) is 10.6. The molecule has 2 aromatic rings. The Morgan fingerprint density at radius 1 is 1.28 bits per heavy atom. The Morgan fingerprint density at radius 2 is 2.03 bits per heavy atom. The van der Waals surface area contributed by atoms with Crippen LogP contribution in [0.15, 0.2) is 59.6 Å². The van der Waals surface area contributed by atoms with Crippen LogP contribution in [0, 0.1) is 11.7 Å². The summed E-state index contributed by atoms with van der Waals surface area (Å²) < 4.78 is 26.1. The van der Waals surface area contributed by atoms with Gasteiger partial charge in [-0.1, -0.05) is 48.2 Å². The van der Waals surface area contributed by atoms with E-state index in [1.54, 1.807) is 31.4 Å². The lowest BCUT2D eigenvalue weighted by Crippen LogP contribution is -2.52. The quantitative estimate of drug-likeness (QED) is 0.831. The second-order valence-electron chi connectivity index (χ2n) is 7.27. The van der Waals surface area contributed by atoms with Gasteiger partial charge in [-0.2, -0.15) is 0 Å². The van der Waals surface area contributed by atoms with Crippen molar-refractivity contribution in [1.29, 1.82) is 0 Å². The topological polar surface area (TPSA) is 59.9 Å². The fourth-order valence-electron chi connectivity index (χ4n) is 3.96. The molecule has 2 aromatic carbocycles. The molecule has 1 saturated heterocycles. The van der Waals surface area contributed by atoms with Gasteiger partial charge in [0.2, 0.25) is 0 Å². The SMILES string of the molecule is COC[C@H]1C[C@H]2CSC(NC(=O)c3ccccc3)=N[C@@]2(c2ccccc2F)CO1. The molecule has 0 bridgehead atoms. The molecule has 0 aliphatic carbocycles. The first-order valence-electron chi connectivity index (χ1n) is 9.57. The van der Waals surface area contributed by atoms with Crippen LogP contribution < -0.4 is 5.32 Å². The number of hydrogen-bond acceptors (Lipinski definition) is 5. The van der Waals surface area contributed by atoms with Crippen LogP contribution in [0.4, 0.5) is 4.39 Å². The summed E-state index contributed by atoms with van der Waals surface area (Å²) in [7, 11) is 1.65. The number of fused-ring (bicyclic) bond motifs is 1. The molecule has 0 saturated carbocycles. The summed E-state index contributed by atoms with van der Waals surface area (Å²) in [6, 6.07) is 15.7. The van der Waals surface area contributed by atoms with E-state index in [9.17, 15) is 9.18 Å². The summed E-state index contributed by atoms with van der Waals surface area (Å²) in [6.07, 6.45) is 0.680. The van der Waals surface area contributed by atoms with Crippen molar-refractivity contribution in [3.63, 3.8) is 0 Å². The molecule has 3 atom stereocenters. The van der Waals surface area contributed by atoms with E-state index in [1.165, 1.54) is 17.8 Å². The fourth-order valence-corrected chi connectivity index (χ4v) is 5.12. The highest BCUT2D eigenvalue weighted by molar-refractivity contribution is 8.13. The zero-order valence-electron chi connectivity index (χ0n) is 16.1. The number of nitrogens with zero attached hydrogens (tertiary/aromatic N) is 1. The number of amides is 1. The van der Waals surface area contributed by atoms with Crippen molar-refractivity contribution in [2.45, 2.75) is 18.1 Å². The molecular formula is C22H23FN2O3S. The number of ether oxygens (including phenoxy) is 2. The molecule has 0 aromatic heterocycles. The predicted octanol–water partition coefficient (Wildman–Crippen LogP) is 3.61. The minimum absolute atomic E-state index is 0.0406. The molecule has 1 fully saturated rings. The number of aliphatic imine (C=N–C) groups is 1. The third-order valence-corrected chi connectivity index (χ3v) is 6.47. The summed E-state index contributed by atoms with van der Waals surface area (Å²) in [5.41, 5.74) is 0.200. The lowest BCUT2D eigenvalue weighted by molar-refractivity contribution is -0.0837. The van der Waals surface area contributed by atoms with Gasteiger partial charge >= 0.3 is 0 Å². The van der Waals surface area contributed by atoms with Gasteiger partial charge in [-0.3, -0.25) is 4.79 Å². The van der Waals surface area contributed by atoms with Gasteiger partial charge in [0.15, 0.2) is 5.17 Å². The maximum atomic E-state index is 14.8. The van der Waals surface area contributed by atoms with Crippen LogP contribution in [0.2, 0.25) is 0 Å². The average molecular weight is 415 g/mol. The Kier molecular flexibility index (Phi) is 5.99. The lowest BCUT2D eigenvalue weighted by Gasteiger charge is -2.46. The molecule has 5 nitrogen and oxygen atoms in total. The molecule has 1 amide bonds. The molecule has 0 radical (unpaired) electrons. The van der Waals surface area contributed by atoms with Crippen molar-refractivity contribution < 1.29 is 18.7 Å². The number of benzene rings is 2. The standard InChI is InChI=1S/C22H23FN2O3S/c1-27-12-17-11-16-13-29-21(24-20(26)15-7-3-2-4-8-15)25-22(16,14-28-17)18-9-5-6-10-19(18)23/h2-10,16-17H,11-14H2,1H3,(H,24,25,26)/t16-,17+,22-/m0/s1. The molecule has 0 unspecified atom stereocenters. The molecule has 2 aliphatic rings. The fraction of sp³-hybridized carbons (Fsp3) is 0.364. The number of rotatable bonds is 4. The van der Waals surface area contributed by atoms with Gasteiger partial charge in [-0.25, -0.2) is 9.38 Å². The number of hydrogen-bond donors (Lipinski definition) is 1. The summed E-state index contributed by atoms with van der Waals surface area (Å²) in [5, 5.41) is 3.38. The van der Waals surface area contributed by atoms with E-state index in [1.807, 2.05) is 24.3 Å². The smallest absolute Gasteiger partial charge is 0.257 e. The van der Waals surface area contributed by atoms with Crippen LogP contribution in [0.5, 0.6) is 0 Å². The normalized spacial score (nSPS) is 26.3. The molecule has 2 heterocycles. The Labute approximate surface area is 173 Å². The third kappa shape index (κ3) is 4.08. The third-order valence-electron chi connectivity index (χ3n) is 5.43. The van der Waals surface area contributed by atoms with E-state index in [2.05, 4.69) is 5.32 Å². The summed E-state index contributed by atoms with van der Waals surface area (Å²) in [6.45, 7) is 0.744. The Balaban J connectivity index is 1.67. The van der Waals surface area contributed by atoms with E-state index in [0.29, 0.717) is 28.7 Å². The minimum Gasteiger partial charge on any atom is -0.382 e. The van der Waals surface area contributed by atoms with Gasteiger partial charge in [0.05, 0.1) is 19.3 Å². The van der Waals surface area contributed by atoms with E-state index < -0.39 is 5.54 Å². The van der Waals surface area contributed by atoms with Crippen LogP contribution >= 0.6 is 11.8 Å². The second kappa shape index (κ2) is 8.65. The van der Waals surface area contributed by atoms with Gasteiger partial charge in [0.1, 0.15) is 11.4 Å². The Hall–Kier alpha value is -2.22. The molecule has 152 valence electrons. The maximum absolute atomic E-state index is 14.8. The van der Waals surface area contributed by atoms with E-state index in [-0.39, 0.29) is 30.4 Å². The summed E-state index contributed by atoms with van der Waals surface area (Å²) >= 11 is 1.49. The van der Waals surface area contributed by atoms with Gasteiger partial charge in [-0.05, 0) is 24.6 Å². The number of amidine groups is 1. The molecule has 4 rings (SSSR count). The number of methoxy groups -OCH3 is 1. The molecule has 29 heavy (non-hydrogen) atoms. The number of thioether (sulfide) groups is 1. The largest absolute Gasteiger partial charge is 0.382 e. The van der Waals surface area contributed by atoms with Gasteiger partial charge in [-0.15, -0.1) is 0 Å². The van der Waals surface area contributed by atoms with E-state index in [0.717, 1.165) is 6.42 Å². The van der Waals surface area contributed by atoms with Crippen molar-refractivity contribution in [3.05, 3.63) is 71.5 Å². The highest BCUT2D eigenvalue weighted by atomic mass is 32.2. The number of carbonyl (C=O) groups excluding carboxylic acids is 1. The molecule has 1 N–H and O–H groups in total. The maximum Gasteiger partial charge on any atom is 0.257 e. The lowest BCUT2D eigenvalue weighted by atomic mass is 9.75. The van der Waals surface area contributed by atoms with E-state index in [4.69, 9.17) is 14.5 Å². The number of nitrogens with one attached hydrogen (secondary N) is 1. The molecule has 0 spiro atoms. The van der Waals surface area contributed by atoms with Crippen LogP contribution in [-0.4, -0.2) is 43.3 Å².